The number of aromatic nitrogens is 1. The van der Waals surface area contributed by atoms with Gasteiger partial charge in [-0.3, -0.25) is 0 Å². The molecule has 15 heavy (non-hydrogen) atoms. The Morgan fingerprint density at radius 2 is 2.20 bits per heavy atom. The van der Waals surface area contributed by atoms with Crippen LogP contribution in [0.5, 0.6) is 0 Å². The van der Waals surface area contributed by atoms with Crippen molar-refractivity contribution >= 4 is 32.8 Å². The van der Waals surface area contributed by atoms with Crippen molar-refractivity contribution in [2.75, 3.05) is 7.11 Å². The second kappa shape index (κ2) is 3.70. The van der Waals surface area contributed by atoms with Crippen LogP contribution in [-0.4, -0.2) is 18.1 Å². The fourth-order valence-electron chi connectivity index (χ4n) is 1.54. The summed E-state index contributed by atoms with van der Waals surface area (Å²) in [5, 5.41) is 1.03. The highest BCUT2D eigenvalue weighted by molar-refractivity contribution is 9.10. The van der Waals surface area contributed by atoms with Crippen LogP contribution in [0.15, 0.2) is 22.8 Å². The van der Waals surface area contributed by atoms with Gasteiger partial charge in [0.2, 0.25) is 0 Å². The van der Waals surface area contributed by atoms with Crippen LogP contribution in [0.1, 0.15) is 15.9 Å². The summed E-state index contributed by atoms with van der Waals surface area (Å²) in [7, 11) is 1.38. The highest BCUT2D eigenvalue weighted by Crippen LogP contribution is 2.26. The van der Waals surface area contributed by atoms with Crippen LogP contribution in [-0.2, 0) is 4.74 Å². The molecule has 4 heteroatoms. The van der Waals surface area contributed by atoms with Gasteiger partial charge in [0, 0.05) is 10.9 Å². The van der Waals surface area contributed by atoms with Gasteiger partial charge in [0.25, 0.3) is 0 Å². The van der Waals surface area contributed by atoms with Gasteiger partial charge in [0.05, 0.1) is 17.3 Å². The predicted octanol–water partition coefficient (Wildman–Crippen LogP) is 3.03. The number of hydrogen-bond acceptors (Lipinski definition) is 2. The Bertz CT molecular complexity index is 531. The summed E-state index contributed by atoms with van der Waals surface area (Å²) in [5.41, 5.74) is 2.67. The molecule has 0 bridgehead atoms. The van der Waals surface area contributed by atoms with Crippen LogP contribution in [0.2, 0.25) is 0 Å². The zero-order valence-electron chi connectivity index (χ0n) is 8.43. The summed E-state index contributed by atoms with van der Waals surface area (Å²) in [4.78, 5) is 14.5. The third-order valence-corrected chi connectivity index (χ3v) is 3.21. The summed E-state index contributed by atoms with van der Waals surface area (Å²) in [6.07, 6.45) is 0. The molecular formula is C11H10BrNO2. The molecule has 0 saturated carbocycles. The Hall–Kier alpha value is -1.29. The summed E-state index contributed by atoms with van der Waals surface area (Å²) < 4.78 is 5.61. The maximum atomic E-state index is 11.3. The van der Waals surface area contributed by atoms with Gasteiger partial charge in [0.1, 0.15) is 0 Å². The Balaban J connectivity index is 2.64. The van der Waals surface area contributed by atoms with Crippen LogP contribution in [0.3, 0.4) is 0 Å². The number of methoxy groups -OCH3 is 1. The van der Waals surface area contributed by atoms with Gasteiger partial charge >= 0.3 is 5.97 Å². The van der Waals surface area contributed by atoms with Gasteiger partial charge in [-0.1, -0.05) is 0 Å². The van der Waals surface area contributed by atoms with Gasteiger partial charge in [0.15, 0.2) is 0 Å². The Kier molecular flexibility index (Phi) is 2.52. The molecule has 2 rings (SSSR count). The van der Waals surface area contributed by atoms with Crippen LogP contribution >= 0.6 is 15.9 Å². The zero-order valence-corrected chi connectivity index (χ0v) is 10.0. The number of fused-ring (bicyclic) bond motifs is 1. The first-order chi connectivity index (χ1) is 7.13. The van der Waals surface area contributed by atoms with E-state index in [1.165, 1.54) is 7.11 Å². The summed E-state index contributed by atoms with van der Waals surface area (Å²) >= 11 is 3.42. The van der Waals surface area contributed by atoms with Gasteiger partial charge in [-0.05, 0) is 46.6 Å². The van der Waals surface area contributed by atoms with Crippen molar-refractivity contribution in [2.24, 2.45) is 0 Å². The molecule has 78 valence electrons. The molecule has 0 amide bonds. The highest BCUT2D eigenvalue weighted by Gasteiger charge is 2.09. The van der Waals surface area contributed by atoms with Crippen molar-refractivity contribution < 1.29 is 9.53 Å². The van der Waals surface area contributed by atoms with Crippen LogP contribution in [0.25, 0.3) is 10.9 Å². The van der Waals surface area contributed by atoms with E-state index < -0.39 is 0 Å². The van der Waals surface area contributed by atoms with E-state index in [-0.39, 0.29) is 5.97 Å². The van der Waals surface area contributed by atoms with E-state index in [0.717, 1.165) is 21.1 Å². The lowest BCUT2D eigenvalue weighted by Crippen LogP contribution is -2.00. The van der Waals surface area contributed by atoms with E-state index in [2.05, 4.69) is 25.7 Å². The Labute approximate surface area is 95.6 Å². The molecule has 0 fully saturated rings. The monoisotopic (exact) mass is 267 g/mol. The zero-order chi connectivity index (χ0) is 11.0. The minimum atomic E-state index is -0.311. The molecule has 1 N–H and O–H groups in total. The predicted molar refractivity (Wildman–Crippen MR) is 62.1 cm³/mol. The van der Waals surface area contributed by atoms with E-state index in [0.29, 0.717) is 5.56 Å². The smallest absolute Gasteiger partial charge is 0.337 e. The number of aromatic amines is 1. The number of benzene rings is 1. The molecule has 0 aliphatic carbocycles. The standard InChI is InChI=1S/C11H10BrNO2/c1-6-8-5-7(11(14)15-2)3-4-9(8)13-10(6)12/h3-5,13H,1-2H3. The Morgan fingerprint density at radius 3 is 2.87 bits per heavy atom. The third-order valence-electron chi connectivity index (χ3n) is 2.42. The van der Waals surface area contributed by atoms with Crippen molar-refractivity contribution in [1.82, 2.24) is 4.98 Å². The second-order valence-corrected chi connectivity index (χ2v) is 4.11. The van der Waals surface area contributed by atoms with E-state index >= 15 is 0 Å². The van der Waals surface area contributed by atoms with Gasteiger partial charge in [-0.2, -0.15) is 0 Å². The lowest BCUT2D eigenvalue weighted by atomic mass is 10.1. The largest absolute Gasteiger partial charge is 0.465 e. The molecule has 0 saturated heterocycles. The molecule has 0 spiro atoms. The Morgan fingerprint density at radius 1 is 1.47 bits per heavy atom. The van der Waals surface area contributed by atoms with E-state index in [9.17, 15) is 4.79 Å². The topological polar surface area (TPSA) is 42.1 Å². The molecule has 1 heterocycles. The van der Waals surface area contributed by atoms with Crippen molar-refractivity contribution in [3.05, 3.63) is 33.9 Å². The second-order valence-electron chi connectivity index (χ2n) is 3.32. The molecule has 3 nitrogen and oxygen atoms in total. The number of esters is 1. The number of carbonyl (C=O) groups excluding carboxylic acids is 1. The van der Waals surface area contributed by atoms with Crippen molar-refractivity contribution in [3.63, 3.8) is 0 Å². The fourth-order valence-corrected chi connectivity index (χ4v) is 1.97. The first kappa shape index (κ1) is 10.2. The molecule has 1 aromatic carbocycles. The minimum Gasteiger partial charge on any atom is -0.465 e. The average Bonchev–Trinajstić information content (AvgIpc) is 2.54. The fraction of sp³-hybridized carbons (Fsp3) is 0.182. The molecule has 0 unspecified atom stereocenters. The molecule has 2 aromatic rings. The summed E-state index contributed by atoms with van der Waals surface area (Å²) in [6, 6.07) is 5.45. The molecule has 0 radical (unpaired) electrons. The molecular weight excluding hydrogens is 258 g/mol. The first-order valence-electron chi connectivity index (χ1n) is 4.49. The van der Waals surface area contributed by atoms with Gasteiger partial charge in [-0.25, -0.2) is 4.79 Å². The third kappa shape index (κ3) is 1.65. The van der Waals surface area contributed by atoms with E-state index in [1.54, 1.807) is 6.07 Å². The van der Waals surface area contributed by atoms with Crippen molar-refractivity contribution in [3.8, 4) is 0 Å². The van der Waals surface area contributed by atoms with Gasteiger partial charge in [-0.15, -0.1) is 0 Å². The number of halogens is 1. The number of aryl methyl sites for hydroxylation is 1. The van der Waals surface area contributed by atoms with E-state index in [1.807, 2.05) is 19.1 Å². The van der Waals surface area contributed by atoms with Gasteiger partial charge < -0.3 is 9.72 Å². The van der Waals surface area contributed by atoms with Crippen LogP contribution < -0.4 is 0 Å². The molecule has 1 aromatic heterocycles. The highest BCUT2D eigenvalue weighted by atomic mass is 79.9. The lowest BCUT2D eigenvalue weighted by Gasteiger charge is -1.99. The number of ether oxygens (including phenoxy) is 1. The summed E-state index contributed by atoms with van der Waals surface area (Å²) in [5.74, 6) is -0.311. The minimum absolute atomic E-state index is 0.311. The van der Waals surface area contributed by atoms with Crippen molar-refractivity contribution in [2.45, 2.75) is 6.92 Å². The summed E-state index contributed by atoms with van der Waals surface area (Å²) in [6.45, 7) is 1.99. The maximum absolute atomic E-state index is 11.3. The number of rotatable bonds is 1. The normalized spacial score (nSPS) is 10.6. The quantitative estimate of drug-likeness (QED) is 0.808. The molecule has 0 atom stereocenters. The number of H-pyrrole nitrogens is 1. The SMILES string of the molecule is COC(=O)c1ccc2[nH]c(Br)c(C)c2c1. The van der Waals surface area contributed by atoms with Crippen LogP contribution in [0.4, 0.5) is 0 Å². The number of hydrogen-bond donors (Lipinski definition) is 1. The maximum Gasteiger partial charge on any atom is 0.337 e. The number of carbonyl (C=O) groups is 1. The van der Waals surface area contributed by atoms with E-state index in [4.69, 9.17) is 0 Å². The molecule has 0 aliphatic rings. The first-order valence-corrected chi connectivity index (χ1v) is 5.29. The number of nitrogens with one attached hydrogen (secondary N) is 1. The van der Waals surface area contributed by atoms with Crippen LogP contribution in [0, 0.1) is 6.92 Å². The average molecular weight is 268 g/mol. The lowest BCUT2D eigenvalue weighted by molar-refractivity contribution is 0.0601. The van der Waals surface area contributed by atoms with Crippen molar-refractivity contribution in [1.29, 1.82) is 0 Å². The molecule has 0 aliphatic heterocycles.